The van der Waals surface area contributed by atoms with Crippen LogP contribution in [0.15, 0.2) is 23.0 Å². The Hall–Kier alpha value is -0.800. The van der Waals surface area contributed by atoms with Gasteiger partial charge in [-0.05, 0) is 25.3 Å². The van der Waals surface area contributed by atoms with Crippen LogP contribution in [0, 0.1) is 5.92 Å². The van der Waals surface area contributed by atoms with Gasteiger partial charge in [0.15, 0.2) is 0 Å². The van der Waals surface area contributed by atoms with E-state index >= 15 is 0 Å². The summed E-state index contributed by atoms with van der Waals surface area (Å²) < 4.78 is 10.5. The third kappa shape index (κ3) is 2.36. The summed E-state index contributed by atoms with van der Waals surface area (Å²) in [6.45, 7) is 4.99. The van der Waals surface area contributed by atoms with Gasteiger partial charge in [-0.25, -0.2) is 0 Å². The van der Waals surface area contributed by atoms with Crippen molar-refractivity contribution in [3.63, 3.8) is 0 Å². The average molecular weight is 195 g/mol. The molecule has 0 spiro atoms. The maximum atomic E-state index is 5.49. The summed E-state index contributed by atoms with van der Waals surface area (Å²) >= 11 is 0. The molecule has 1 fully saturated rings. The van der Waals surface area contributed by atoms with Gasteiger partial charge in [0, 0.05) is 25.3 Å². The van der Waals surface area contributed by atoms with Gasteiger partial charge < -0.3 is 14.5 Å². The van der Waals surface area contributed by atoms with Gasteiger partial charge in [0.2, 0.25) is 0 Å². The van der Waals surface area contributed by atoms with Crippen molar-refractivity contribution in [2.45, 2.75) is 26.0 Å². The normalized spacial score (nSPS) is 26.9. The lowest BCUT2D eigenvalue weighted by atomic mass is 10.0. The van der Waals surface area contributed by atoms with Crippen molar-refractivity contribution < 1.29 is 9.15 Å². The third-order valence-electron chi connectivity index (χ3n) is 2.85. The maximum absolute atomic E-state index is 5.49. The van der Waals surface area contributed by atoms with Crippen LogP contribution < -0.4 is 5.32 Å². The Balaban J connectivity index is 1.68. The van der Waals surface area contributed by atoms with Gasteiger partial charge in [-0.1, -0.05) is 0 Å². The monoisotopic (exact) mass is 195 g/mol. The molecule has 1 aliphatic rings. The van der Waals surface area contributed by atoms with Crippen LogP contribution in [0.25, 0.3) is 0 Å². The lowest BCUT2D eigenvalue weighted by molar-refractivity contribution is 0.105. The van der Waals surface area contributed by atoms with Crippen LogP contribution in [0.2, 0.25) is 0 Å². The minimum atomic E-state index is 0.409. The van der Waals surface area contributed by atoms with Crippen molar-refractivity contribution in [1.29, 1.82) is 0 Å². The second-order valence-corrected chi connectivity index (χ2v) is 3.89. The summed E-state index contributed by atoms with van der Waals surface area (Å²) in [5.41, 5.74) is 1.21. The van der Waals surface area contributed by atoms with E-state index in [2.05, 4.69) is 12.2 Å². The van der Waals surface area contributed by atoms with Crippen LogP contribution in [0.3, 0.4) is 0 Å². The largest absolute Gasteiger partial charge is 0.472 e. The van der Waals surface area contributed by atoms with Crippen molar-refractivity contribution >= 4 is 0 Å². The molecule has 0 amide bonds. The lowest BCUT2D eigenvalue weighted by Crippen LogP contribution is -2.26. The molecular weight excluding hydrogens is 178 g/mol. The molecule has 0 saturated carbocycles. The Morgan fingerprint density at radius 1 is 1.57 bits per heavy atom. The zero-order valence-electron chi connectivity index (χ0n) is 8.53. The molecule has 0 aromatic carbocycles. The van der Waals surface area contributed by atoms with Crippen LogP contribution >= 0.6 is 0 Å². The molecule has 3 heteroatoms. The zero-order valence-corrected chi connectivity index (χ0v) is 8.53. The summed E-state index contributed by atoms with van der Waals surface area (Å²) in [5.74, 6) is 0.668. The topological polar surface area (TPSA) is 34.4 Å². The first-order valence-corrected chi connectivity index (χ1v) is 5.19. The molecule has 78 valence electrons. The van der Waals surface area contributed by atoms with Gasteiger partial charge in [0.25, 0.3) is 0 Å². The van der Waals surface area contributed by atoms with Crippen molar-refractivity contribution in [1.82, 2.24) is 5.32 Å². The van der Waals surface area contributed by atoms with Gasteiger partial charge in [-0.2, -0.15) is 0 Å². The molecule has 1 aliphatic heterocycles. The summed E-state index contributed by atoms with van der Waals surface area (Å²) in [6, 6.07) is 1.99. The Kier molecular flexibility index (Phi) is 3.22. The van der Waals surface area contributed by atoms with Crippen LogP contribution in [0.5, 0.6) is 0 Å². The predicted molar refractivity (Wildman–Crippen MR) is 53.9 cm³/mol. The van der Waals surface area contributed by atoms with E-state index in [1.54, 1.807) is 12.5 Å². The molecule has 0 radical (unpaired) electrons. The van der Waals surface area contributed by atoms with E-state index in [4.69, 9.17) is 9.15 Å². The second-order valence-electron chi connectivity index (χ2n) is 3.89. The van der Waals surface area contributed by atoms with Crippen molar-refractivity contribution in [3.05, 3.63) is 24.2 Å². The first-order chi connectivity index (χ1) is 6.86. The highest BCUT2D eigenvalue weighted by Crippen LogP contribution is 2.19. The Morgan fingerprint density at radius 2 is 2.50 bits per heavy atom. The number of ether oxygens (including phenoxy) is 1. The van der Waals surface area contributed by atoms with Crippen molar-refractivity contribution in [2.75, 3.05) is 13.2 Å². The lowest BCUT2D eigenvalue weighted by Gasteiger charge is -2.14. The molecule has 0 aliphatic carbocycles. The van der Waals surface area contributed by atoms with E-state index in [1.807, 2.05) is 6.07 Å². The number of hydrogen-bond donors (Lipinski definition) is 1. The van der Waals surface area contributed by atoms with Gasteiger partial charge in [-0.3, -0.25) is 0 Å². The zero-order chi connectivity index (χ0) is 9.80. The molecule has 0 bridgehead atoms. The molecule has 1 N–H and O–H groups in total. The molecule has 2 rings (SSSR count). The van der Waals surface area contributed by atoms with Crippen LogP contribution in [-0.2, 0) is 11.3 Å². The molecule has 2 unspecified atom stereocenters. The fourth-order valence-corrected chi connectivity index (χ4v) is 1.84. The van der Waals surface area contributed by atoms with E-state index in [-0.39, 0.29) is 0 Å². The van der Waals surface area contributed by atoms with E-state index < -0.39 is 0 Å². The Labute approximate surface area is 84.4 Å². The predicted octanol–water partition coefficient (Wildman–Crippen LogP) is 1.79. The Morgan fingerprint density at radius 3 is 3.14 bits per heavy atom. The van der Waals surface area contributed by atoms with Crippen LogP contribution in [0.4, 0.5) is 0 Å². The molecular formula is C11H17NO2. The Bertz CT molecular complexity index is 258. The molecule has 14 heavy (non-hydrogen) atoms. The molecule has 1 aromatic rings. The maximum Gasteiger partial charge on any atom is 0.0947 e. The molecule has 1 aromatic heterocycles. The SMILES string of the molecule is CC1OCCC1CNCc1ccoc1. The van der Waals surface area contributed by atoms with Gasteiger partial charge >= 0.3 is 0 Å². The number of furan rings is 1. The van der Waals surface area contributed by atoms with Crippen LogP contribution in [-0.4, -0.2) is 19.3 Å². The second kappa shape index (κ2) is 4.62. The summed E-state index contributed by atoms with van der Waals surface area (Å²) in [7, 11) is 0. The first kappa shape index (κ1) is 9.74. The minimum Gasteiger partial charge on any atom is -0.472 e. The van der Waals surface area contributed by atoms with Crippen molar-refractivity contribution in [2.24, 2.45) is 5.92 Å². The van der Waals surface area contributed by atoms with E-state index in [0.29, 0.717) is 12.0 Å². The van der Waals surface area contributed by atoms with E-state index in [9.17, 15) is 0 Å². The summed E-state index contributed by atoms with van der Waals surface area (Å²) in [5, 5.41) is 3.42. The van der Waals surface area contributed by atoms with Crippen molar-refractivity contribution in [3.8, 4) is 0 Å². The quantitative estimate of drug-likeness (QED) is 0.795. The average Bonchev–Trinajstić information content (AvgIpc) is 2.78. The van der Waals surface area contributed by atoms with Gasteiger partial charge in [0.05, 0.1) is 18.6 Å². The molecule has 1 saturated heterocycles. The van der Waals surface area contributed by atoms with Crippen LogP contribution in [0.1, 0.15) is 18.9 Å². The minimum absolute atomic E-state index is 0.409. The first-order valence-electron chi connectivity index (χ1n) is 5.19. The summed E-state index contributed by atoms with van der Waals surface area (Å²) in [4.78, 5) is 0. The highest BCUT2D eigenvalue weighted by molar-refractivity contribution is 5.04. The highest BCUT2D eigenvalue weighted by Gasteiger charge is 2.23. The standard InChI is InChI=1S/C11H17NO2/c1-9-11(3-5-14-9)7-12-6-10-2-4-13-8-10/h2,4,8-9,11-12H,3,5-7H2,1H3. The summed E-state index contributed by atoms with van der Waals surface area (Å²) in [6.07, 6.45) is 5.08. The number of hydrogen-bond acceptors (Lipinski definition) is 3. The van der Waals surface area contributed by atoms with E-state index in [0.717, 1.165) is 19.7 Å². The third-order valence-corrected chi connectivity index (χ3v) is 2.85. The highest BCUT2D eigenvalue weighted by atomic mass is 16.5. The van der Waals surface area contributed by atoms with Gasteiger partial charge in [0.1, 0.15) is 0 Å². The van der Waals surface area contributed by atoms with E-state index in [1.165, 1.54) is 12.0 Å². The number of rotatable bonds is 4. The van der Waals surface area contributed by atoms with Gasteiger partial charge in [-0.15, -0.1) is 0 Å². The fraction of sp³-hybridized carbons (Fsp3) is 0.636. The molecule has 2 atom stereocenters. The fourth-order valence-electron chi connectivity index (χ4n) is 1.84. The molecule has 3 nitrogen and oxygen atoms in total. The smallest absolute Gasteiger partial charge is 0.0947 e. The molecule has 2 heterocycles. The number of nitrogens with one attached hydrogen (secondary N) is 1.